The Balaban J connectivity index is 1.36. The van der Waals surface area contributed by atoms with Crippen molar-refractivity contribution in [1.82, 2.24) is 14.8 Å². The lowest BCUT2D eigenvalue weighted by Crippen LogP contribution is -2.81. The van der Waals surface area contributed by atoms with Crippen LogP contribution in [-0.4, -0.2) is 125 Å². The maximum Gasteiger partial charge on any atom is 0.322 e. The van der Waals surface area contributed by atoms with Gasteiger partial charge in [-0.2, -0.15) is 0 Å². The Morgan fingerprint density at radius 1 is 1.04 bits per heavy atom. The van der Waals surface area contributed by atoms with Crippen molar-refractivity contribution in [2.24, 2.45) is 17.1 Å². The lowest BCUT2D eigenvalue weighted by molar-refractivity contribution is -0.201. The topological polar surface area (TPSA) is 165 Å². The molecule has 1 spiro atoms. The number of aliphatic hydroxyl groups excluding tert-OH is 1. The highest BCUT2D eigenvalue weighted by molar-refractivity contribution is 5.95. The summed E-state index contributed by atoms with van der Waals surface area (Å²) >= 11 is 0. The predicted octanol–water partition coefficient (Wildman–Crippen LogP) is 2.73. The van der Waals surface area contributed by atoms with Gasteiger partial charge in [-0.1, -0.05) is 44.2 Å². The van der Waals surface area contributed by atoms with Crippen LogP contribution in [0.25, 0.3) is 10.9 Å². The summed E-state index contributed by atoms with van der Waals surface area (Å²) < 4.78 is 12.2. The molecule has 12 nitrogen and oxygen atoms in total. The van der Waals surface area contributed by atoms with Crippen molar-refractivity contribution < 1.29 is 34.4 Å². The van der Waals surface area contributed by atoms with Crippen LogP contribution in [0.2, 0.25) is 0 Å². The quantitative estimate of drug-likeness (QED) is 0.187. The van der Waals surface area contributed by atoms with Crippen LogP contribution in [0, 0.1) is 11.3 Å². The number of ether oxygens (including phenoxy) is 2. The third-order valence-corrected chi connectivity index (χ3v) is 15.2. The van der Waals surface area contributed by atoms with Gasteiger partial charge in [0.2, 0.25) is 0 Å². The summed E-state index contributed by atoms with van der Waals surface area (Å²) in [5.74, 6) is -1.00. The molecule has 1 unspecified atom stereocenters. The number of aromatic nitrogens is 1. The van der Waals surface area contributed by atoms with E-state index in [9.17, 15) is 20.1 Å². The maximum absolute atomic E-state index is 15.2. The van der Waals surface area contributed by atoms with Gasteiger partial charge < -0.3 is 40.4 Å². The number of rotatable bonds is 6. The number of hydrogen-bond donors (Lipinski definition) is 5. The molecule has 9 rings (SSSR count). The van der Waals surface area contributed by atoms with Crippen molar-refractivity contribution in [3.8, 4) is 5.75 Å². The lowest BCUT2D eigenvalue weighted by atomic mass is 9.47. The largest absolute Gasteiger partial charge is 0.496 e. The number of carbonyl (C=O) groups is 2. The zero-order chi connectivity index (χ0) is 38.9. The van der Waals surface area contributed by atoms with Crippen LogP contribution >= 0.6 is 0 Å². The summed E-state index contributed by atoms with van der Waals surface area (Å²) in [6, 6.07) is 11.0. The van der Waals surface area contributed by atoms with Gasteiger partial charge in [-0.3, -0.25) is 19.4 Å². The summed E-state index contributed by atoms with van der Waals surface area (Å²) in [6.45, 7) is 7.39. The van der Waals surface area contributed by atoms with Crippen molar-refractivity contribution in [2.45, 2.75) is 92.6 Å². The summed E-state index contributed by atoms with van der Waals surface area (Å²) in [5.41, 5.74) is 4.72. The van der Waals surface area contributed by atoms with Gasteiger partial charge in [0.1, 0.15) is 17.3 Å². The first kappa shape index (κ1) is 36.7. The average Bonchev–Trinajstić information content (AvgIpc) is 3.84. The molecule has 2 bridgehead atoms. The van der Waals surface area contributed by atoms with Crippen LogP contribution in [0.15, 0.2) is 48.6 Å². The van der Waals surface area contributed by atoms with E-state index >= 15 is 4.79 Å². The van der Waals surface area contributed by atoms with Crippen molar-refractivity contribution in [2.75, 3.05) is 58.9 Å². The van der Waals surface area contributed by atoms with Gasteiger partial charge in [-0.15, -0.1) is 0 Å². The highest BCUT2D eigenvalue weighted by Crippen LogP contribution is 2.67. The molecule has 0 radical (unpaired) electrons. The minimum absolute atomic E-state index is 0.0790. The fraction of sp³-hybridized carbons (Fsp3) is 0.581. The van der Waals surface area contributed by atoms with Gasteiger partial charge in [0.15, 0.2) is 5.60 Å². The van der Waals surface area contributed by atoms with Gasteiger partial charge in [0, 0.05) is 84.0 Å². The molecule has 1 saturated carbocycles. The maximum atomic E-state index is 15.2. The zero-order valence-electron chi connectivity index (χ0n) is 32.6. The van der Waals surface area contributed by atoms with E-state index in [1.807, 2.05) is 62.2 Å². The fourth-order valence-corrected chi connectivity index (χ4v) is 13.1. The van der Waals surface area contributed by atoms with Gasteiger partial charge in [0.25, 0.3) is 5.91 Å². The molecule has 1 amide bonds. The number of benzene rings is 2. The van der Waals surface area contributed by atoms with E-state index in [1.54, 1.807) is 7.11 Å². The monoisotopic (exact) mass is 753 g/mol. The number of nitrogens with two attached hydrogens (primary N) is 1. The number of methoxy groups -OCH3 is 2. The molecule has 2 aromatic carbocycles. The minimum atomic E-state index is -2.30. The molecular weight excluding hydrogens is 699 g/mol. The molecule has 12 heteroatoms. The Hall–Kier alpha value is -3.94. The molecule has 1 aromatic heterocycles. The molecule has 2 saturated heterocycles. The van der Waals surface area contributed by atoms with Crippen LogP contribution in [-0.2, 0) is 31.6 Å². The number of primary amides is 1. The molecule has 10 atom stereocenters. The number of anilines is 1. The first-order chi connectivity index (χ1) is 26.3. The fourth-order valence-electron chi connectivity index (χ4n) is 13.1. The second-order valence-corrected chi connectivity index (χ2v) is 17.5. The van der Waals surface area contributed by atoms with Gasteiger partial charge in [-0.25, -0.2) is 0 Å². The Kier molecular flexibility index (Phi) is 8.19. The minimum Gasteiger partial charge on any atom is -0.496 e. The number of likely N-dealkylation sites (N-methyl/N-ethyl adjacent to an activating group) is 1. The second-order valence-electron chi connectivity index (χ2n) is 17.5. The number of para-hydroxylation sites is 1. The highest BCUT2D eigenvalue weighted by Gasteiger charge is 2.78. The Morgan fingerprint density at radius 2 is 1.82 bits per heavy atom. The molecule has 3 fully saturated rings. The number of piperidine rings is 1. The number of hydrogen-bond acceptors (Lipinski definition) is 10. The number of aliphatic hydroxyl groups is 3. The van der Waals surface area contributed by atoms with E-state index in [0.29, 0.717) is 69.5 Å². The van der Waals surface area contributed by atoms with Crippen LogP contribution in [0.5, 0.6) is 5.75 Å². The molecule has 6 N–H and O–H groups in total. The molecule has 1 aliphatic carbocycles. The number of nitrogens with one attached hydrogen (secondary N) is 1. The summed E-state index contributed by atoms with van der Waals surface area (Å²) in [6.07, 6.45) is 5.78. The summed E-state index contributed by atoms with van der Waals surface area (Å²) in [4.78, 5) is 39.3. The molecule has 294 valence electrons. The van der Waals surface area contributed by atoms with E-state index in [-0.39, 0.29) is 12.0 Å². The third kappa shape index (κ3) is 4.51. The van der Waals surface area contributed by atoms with E-state index < -0.39 is 51.5 Å². The lowest BCUT2D eigenvalue weighted by Gasteiger charge is -2.63. The third-order valence-electron chi connectivity index (χ3n) is 15.2. The SMILES string of the molecule is CC[C@]1(O)C[C@H]2CN(CCc3c([nH]c4ccccc34)[C@](C(=O)OC)(c3cc4c(cc3OC)N(C)[C@@H]3[C@](O)(C(N)=O)[C@H](O)[C@]5(CC)C=CCN6CC[C@@]43[C@@H]65)C2)C1. The van der Waals surface area contributed by atoms with Crippen molar-refractivity contribution in [1.29, 1.82) is 0 Å². The molecule has 6 aliphatic rings. The number of esters is 1. The summed E-state index contributed by atoms with van der Waals surface area (Å²) in [5, 5.41) is 38.0. The van der Waals surface area contributed by atoms with Gasteiger partial charge in [-0.05, 0) is 74.2 Å². The zero-order valence-corrected chi connectivity index (χ0v) is 32.6. The Labute approximate surface area is 322 Å². The smallest absolute Gasteiger partial charge is 0.322 e. The second kappa shape index (κ2) is 12.3. The molecule has 55 heavy (non-hydrogen) atoms. The number of fused-ring (bicyclic) bond motifs is 6. The first-order valence-electron chi connectivity index (χ1n) is 20.0. The first-order valence-corrected chi connectivity index (χ1v) is 20.0. The summed E-state index contributed by atoms with van der Waals surface area (Å²) in [7, 11) is 4.89. The van der Waals surface area contributed by atoms with Crippen LogP contribution in [0.1, 0.15) is 68.3 Å². The number of amides is 1. The average molecular weight is 754 g/mol. The van der Waals surface area contributed by atoms with Crippen LogP contribution in [0.3, 0.4) is 0 Å². The van der Waals surface area contributed by atoms with Crippen molar-refractivity contribution >= 4 is 28.5 Å². The number of carbonyl (C=O) groups excluding carboxylic acids is 2. The molecular formula is C43H55N5O7. The van der Waals surface area contributed by atoms with E-state index in [4.69, 9.17) is 15.2 Å². The van der Waals surface area contributed by atoms with Crippen LogP contribution < -0.4 is 15.4 Å². The van der Waals surface area contributed by atoms with Crippen LogP contribution in [0.4, 0.5) is 5.69 Å². The number of nitrogens with zero attached hydrogens (tertiary/aromatic N) is 3. The molecule has 3 aromatic rings. The van der Waals surface area contributed by atoms with E-state index in [0.717, 1.165) is 46.5 Å². The Morgan fingerprint density at radius 3 is 2.53 bits per heavy atom. The number of aromatic amines is 1. The Bertz CT molecular complexity index is 2120. The molecule has 5 aliphatic heterocycles. The van der Waals surface area contributed by atoms with Gasteiger partial charge >= 0.3 is 5.97 Å². The number of H-pyrrole nitrogens is 1. The molecule has 6 heterocycles. The normalized spacial score (nSPS) is 39.0. The predicted molar refractivity (Wildman–Crippen MR) is 208 cm³/mol. The van der Waals surface area contributed by atoms with E-state index in [1.165, 1.54) is 7.11 Å². The van der Waals surface area contributed by atoms with E-state index in [2.05, 4.69) is 26.9 Å². The standard InChI is InChI=1S/C43H55N5O7/c1-6-39(52)21-25-22-42(38(51)55-5,33-27(13-17-47(23-25)24-39)26-11-8-9-12-30(26)45-33)29-19-28-31(20-32(29)54-4)46(3)35-41(28)15-18-48-16-10-14-40(7-2,34(41)48)36(49)43(35,53)37(44)50/h8-12,14,19-20,25,34-36,45,49,52-53H,6-7,13,15-18,21-24H2,1-5H3,(H2,44,50)/t25-,34+,35+,36-,39+,40-,41+,42-,43-/m1/s1. The van der Waals surface area contributed by atoms with Crippen molar-refractivity contribution in [3.63, 3.8) is 0 Å². The highest BCUT2D eigenvalue weighted by atomic mass is 16.5. The van der Waals surface area contributed by atoms with Crippen molar-refractivity contribution in [3.05, 3.63) is 70.9 Å². The van der Waals surface area contributed by atoms with Gasteiger partial charge in [0.05, 0.1) is 25.9 Å².